The second-order valence-corrected chi connectivity index (χ2v) is 12.3. The van der Waals surface area contributed by atoms with Crippen LogP contribution in [0, 0.1) is 5.92 Å². The van der Waals surface area contributed by atoms with Crippen LogP contribution in [0.1, 0.15) is 56.1 Å². The van der Waals surface area contributed by atoms with Crippen LogP contribution in [0.2, 0.25) is 0 Å². The molecule has 0 aromatic heterocycles. The van der Waals surface area contributed by atoms with Crippen molar-refractivity contribution in [2.45, 2.75) is 57.6 Å². The van der Waals surface area contributed by atoms with Gasteiger partial charge in [-0.15, -0.1) is 0 Å². The molecule has 0 saturated carbocycles. The van der Waals surface area contributed by atoms with Crippen LogP contribution in [0.3, 0.4) is 0 Å². The van der Waals surface area contributed by atoms with Gasteiger partial charge in [0, 0.05) is 63.8 Å². The molecule has 12 nitrogen and oxygen atoms in total. The number of aliphatic carboxylic acids is 1. The van der Waals surface area contributed by atoms with Crippen molar-refractivity contribution in [3.63, 3.8) is 0 Å². The maximum absolute atomic E-state index is 13.8. The summed E-state index contributed by atoms with van der Waals surface area (Å²) in [4.78, 5) is 48.8. The smallest absolute Gasteiger partial charge is 0.319 e. The van der Waals surface area contributed by atoms with Gasteiger partial charge in [0.25, 0.3) is 0 Å². The Labute approximate surface area is 255 Å². The van der Waals surface area contributed by atoms with Crippen molar-refractivity contribution >= 4 is 17.9 Å². The SMILES string of the molecule is CCCCN(CCCCN(C)C)C(=O)CN1C[C@H](c2cc(CO)c3c(c2)OCO3)[C@@H](C(=O)O)[C@@H]1CCN1CCN(C)C1=O. The Kier molecular flexibility index (Phi) is 11.5. The van der Waals surface area contributed by atoms with E-state index in [1.54, 1.807) is 22.9 Å². The number of urea groups is 1. The normalized spacial score (nSPS) is 21.8. The first kappa shape index (κ1) is 32.8. The molecule has 3 aliphatic heterocycles. The van der Waals surface area contributed by atoms with Gasteiger partial charge in [-0.05, 0) is 64.0 Å². The number of hydrogen-bond donors (Lipinski definition) is 2. The Morgan fingerprint density at radius 1 is 1.07 bits per heavy atom. The molecule has 0 radical (unpaired) electrons. The van der Waals surface area contributed by atoms with Crippen molar-refractivity contribution in [2.24, 2.45) is 5.92 Å². The fourth-order valence-electron chi connectivity index (χ4n) is 6.54. The highest BCUT2D eigenvalue weighted by Crippen LogP contribution is 2.44. The van der Waals surface area contributed by atoms with E-state index >= 15 is 0 Å². The fourth-order valence-corrected chi connectivity index (χ4v) is 6.54. The number of nitrogens with zero attached hydrogens (tertiary/aromatic N) is 5. The molecule has 3 amide bonds. The molecule has 1 aromatic carbocycles. The first-order chi connectivity index (χ1) is 20.6. The van der Waals surface area contributed by atoms with E-state index in [-0.39, 0.29) is 31.9 Å². The van der Waals surface area contributed by atoms with E-state index in [4.69, 9.17) is 9.47 Å². The van der Waals surface area contributed by atoms with Gasteiger partial charge >= 0.3 is 12.0 Å². The Hall–Kier alpha value is -3.09. The van der Waals surface area contributed by atoms with Crippen LogP contribution < -0.4 is 9.47 Å². The average molecular weight is 604 g/mol. The van der Waals surface area contributed by atoms with E-state index in [1.807, 2.05) is 30.0 Å². The number of carbonyl (C=O) groups is 3. The van der Waals surface area contributed by atoms with E-state index in [0.717, 1.165) is 37.8 Å². The molecule has 2 saturated heterocycles. The Balaban J connectivity index is 1.58. The number of unbranched alkanes of at least 4 members (excludes halogenated alkanes) is 2. The van der Waals surface area contributed by atoms with Crippen LogP contribution in [0.25, 0.3) is 0 Å². The zero-order valence-corrected chi connectivity index (χ0v) is 26.2. The molecule has 0 aliphatic carbocycles. The standard InChI is InChI=1S/C31H49N5O7/c1-5-6-11-34(12-8-7-10-32(2)3)27(38)19-36-18-24(22-16-23(20-37)29-26(17-22)42-21-43-29)28(30(39)40)25(36)9-13-35-15-14-33(4)31(35)41/h16-17,24-25,28,37H,5-15,18-21H2,1-4H3,(H,39,40)/t24-,25+,28-/m1/s1. The highest BCUT2D eigenvalue weighted by Gasteiger charge is 2.48. The summed E-state index contributed by atoms with van der Waals surface area (Å²) in [7, 11) is 5.85. The van der Waals surface area contributed by atoms with Gasteiger partial charge in [-0.1, -0.05) is 13.3 Å². The van der Waals surface area contributed by atoms with Crippen LogP contribution in [-0.4, -0.2) is 139 Å². The molecular weight excluding hydrogens is 554 g/mol. The maximum Gasteiger partial charge on any atom is 0.319 e. The van der Waals surface area contributed by atoms with Gasteiger partial charge in [0.1, 0.15) is 0 Å². The van der Waals surface area contributed by atoms with Crippen LogP contribution in [0.4, 0.5) is 4.79 Å². The molecule has 1 aromatic rings. The average Bonchev–Trinajstić information content (AvgIpc) is 3.68. The lowest BCUT2D eigenvalue weighted by molar-refractivity contribution is -0.144. The second-order valence-electron chi connectivity index (χ2n) is 12.3. The number of likely N-dealkylation sites (tertiary alicyclic amines) is 1. The van der Waals surface area contributed by atoms with E-state index in [0.29, 0.717) is 62.8 Å². The first-order valence-corrected chi connectivity index (χ1v) is 15.6. The Bertz CT molecular complexity index is 1130. The minimum Gasteiger partial charge on any atom is -0.481 e. The molecule has 43 heavy (non-hydrogen) atoms. The molecule has 0 spiro atoms. The minimum atomic E-state index is -0.940. The summed E-state index contributed by atoms with van der Waals surface area (Å²) < 4.78 is 11.1. The highest BCUT2D eigenvalue weighted by molar-refractivity contribution is 5.79. The monoisotopic (exact) mass is 603 g/mol. The lowest BCUT2D eigenvalue weighted by atomic mass is 9.83. The number of rotatable bonds is 16. The summed E-state index contributed by atoms with van der Waals surface area (Å²) in [6.07, 6.45) is 4.23. The summed E-state index contributed by atoms with van der Waals surface area (Å²) in [5.74, 6) is -1.20. The molecule has 3 heterocycles. The van der Waals surface area contributed by atoms with Crippen molar-refractivity contribution in [2.75, 3.05) is 80.3 Å². The summed E-state index contributed by atoms with van der Waals surface area (Å²) in [5, 5.41) is 20.6. The highest BCUT2D eigenvalue weighted by atomic mass is 16.7. The number of carbonyl (C=O) groups excluding carboxylic acids is 2. The van der Waals surface area contributed by atoms with Gasteiger partial charge in [-0.25, -0.2) is 4.79 Å². The largest absolute Gasteiger partial charge is 0.481 e. The third-order valence-corrected chi connectivity index (χ3v) is 8.96. The van der Waals surface area contributed by atoms with E-state index < -0.39 is 23.8 Å². The summed E-state index contributed by atoms with van der Waals surface area (Å²) in [5.41, 5.74) is 1.29. The predicted octanol–water partition coefficient (Wildman–Crippen LogP) is 2.10. The van der Waals surface area contributed by atoms with Crippen molar-refractivity contribution in [3.8, 4) is 11.5 Å². The van der Waals surface area contributed by atoms with Gasteiger partial charge in [-0.3, -0.25) is 14.5 Å². The van der Waals surface area contributed by atoms with E-state index in [2.05, 4.69) is 11.8 Å². The molecular formula is C31H49N5O7. The summed E-state index contributed by atoms with van der Waals surface area (Å²) in [6, 6.07) is 3.10. The second kappa shape index (κ2) is 15.1. The number of fused-ring (bicyclic) bond motifs is 1. The van der Waals surface area contributed by atoms with Gasteiger partial charge in [0.2, 0.25) is 12.7 Å². The number of aliphatic hydroxyl groups excluding tert-OH is 1. The number of carboxylic acid groups (broad SMARTS) is 1. The van der Waals surface area contributed by atoms with Crippen molar-refractivity contribution < 1.29 is 34.1 Å². The van der Waals surface area contributed by atoms with Crippen LogP contribution in [-0.2, 0) is 16.2 Å². The number of carboxylic acids is 1. The third-order valence-electron chi connectivity index (χ3n) is 8.96. The fraction of sp³-hybridized carbons (Fsp3) is 0.710. The zero-order chi connectivity index (χ0) is 31.1. The molecule has 0 bridgehead atoms. The summed E-state index contributed by atoms with van der Waals surface area (Å²) in [6.45, 7) is 6.34. The number of likely N-dealkylation sites (N-methyl/N-ethyl adjacent to an activating group) is 1. The van der Waals surface area contributed by atoms with Crippen LogP contribution in [0.15, 0.2) is 12.1 Å². The number of aliphatic hydroxyl groups is 1. The molecule has 240 valence electrons. The maximum atomic E-state index is 13.8. The molecule has 0 unspecified atom stereocenters. The molecule has 4 rings (SSSR count). The zero-order valence-electron chi connectivity index (χ0n) is 26.2. The predicted molar refractivity (Wildman–Crippen MR) is 161 cm³/mol. The number of hydrogen-bond acceptors (Lipinski definition) is 8. The van der Waals surface area contributed by atoms with Crippen molar-refractivity contribution in [3.05, 3.63) is 23.3 Å². The molecule has 3 aliphatic rings. The molecule has 3 atom stereocenters. The third kappa shape index (κ3) is 7.90. The Morgan fingerprint density at radius 2 is 1.81 bits per heavy atom. The lowest BCUT2D eigenvalue weighted by Crippen LogP contribution is -2.46. The van der Waals surface area contributed by atoms with E-state index in [9.17, 15) is 24.6 Å². The van der Waals surface area contributed by atoms with Gasteiger partial charge in [-0.2, -0.15) is 0 Å². The number of benzene rings is 1. The van der Waals surface area contributed by atoms with Crippen molar-refractivity contribution in [1.82, 2.24) is 24.5 Å². The van der Waals surface area contributed by atoms with Gasteiger partial charge in [0.15, 0.2) is 11.5 Å². The Morgan fingerprint density at radius 3 is 2.47 bits per heavy atom. The molecule has 2 N–H and O–H groups in total. The van der Waals surface area contributed by atoms with Crippen LogP contribution in [0.5, 0.6) is 11.5 Å². The lowest BCUT2D eigenvalue weighted by Gasteiger charge is -2.31. The number of ether oxygens (including phenoxy) is 2. The molecule has 12 heteroatoms. The van der Waals surface area contributed by atoms with Gasteiger partial charge < -0.3 is 39.3 Å². The minimum absolute atomic E-state index is 0.00630. The topological polar surface area (TPSA) is 126 Å². The first-order valence-electron chi connectivity index (χ1n) is 15.6. The number of amides is 3. The van der Waals surface area contributed by atoms with Crippen LogP contribution >= 0.6 is 0 Å². The quantitative estimate of drug-likeness (QED) is 0.273. The van der Waals surface area contributed by atoms with Gasteiger partial charge in [0.05, 0.1) is 19.1 Å². The van der Waals surface area contributed by atoms with E-state index in [1.165, 1.54) is 0 Å². The molecule has 2 fully saturated rings. The van der Waals surface area contributed by atoms with Crippen molar-refractivity contribution in [1.29, 1.82) is 0 Å². The summed E-state index contributed by atoms with van der Waals surface area (Å²) >= 11 is 0.